The first-order valence-corrected chi connectivity index (χ1v) is 30.5. The van der Waals surface area contributed by atoms with Crippen molar-refractivity contribution in [2.24, 2.45) is 7.05 Å². The van der Waals surface area contributed by atoms with Crippen molar-refractivity contribution < 1.29 is 48.3 Å². The third-order valence-electron chi connectivity index (χ3n) is 15.9. The number of aromatic nitrogens is 7. The van der Waals surface area contributed by atoms with Gasteiger partial charge < -0.3 is 59.9 Å². The van der Waals surface area contributed by atoms with Crippen LogP contribution in [0.15, 0.2) is 84.0 Å². The average Bonchev–Trinajstić information content (AvgIpc) is 1.73. The van der Waals surface area contributed by atoms with Gasteiger partial charge in [0.25, 0.3) is 5.56 Å². The minimum Gasteiger partial charge on any atom is -0.388 e. The predicted molar refractivity (Wildman–Crippen MR) is 329 cm³/mol. The van der Waals surface area contributed by atoms with Crippen LogP contribution in [0.1, 0.15) is 73.8 Å². The molecule has 25 heteroatoms. The lowest BCUT2D eigenvalue weighted by molar-refractivity contribution is -0.136. The Morgan fingerprint density at radius 3 is 2.14 bits per heavy atom. The summed E-state index contributed by atoms with van der Waals surface area (Å²) in [7, 11) is 1.78. The number of nitrogens with one attached hydrogen (secondary N) is 4. The summed E-state index contributed by atoms with van der Waals surface area (Å²) in [5.41, 5.74) is 6.99. The van der Waals surface area contributed by atoms with E-state index >= 15 is 0 Å². The van der Waals surface area contributed by atoms with E-state index in [9.17, 15) is 34.2 Å². The maximum Gasteiger partial charge on any atom is 0.281 e. The molecule has 4 aromatic heterocycles. The summed E-state index contributed by atoms with van der Waals surface area (Å²) in [6, 6.07) is 21.6. The second-order valence-electron chi connectivity index (χ2n) is 22.1. The molecule has 466 valence electrons. The highest BCUT2D eigenvalue weighted by atomic mass is 35.5. The predicted octanol–water partition coefficient (Wildman–Crippen LogP) is 5.13. The largest absolute Gasteiger partial charge is 0.388 e. The number of aryl methyl sites for hydroxylation is 1. The second-order valence-corrected chi connectivity index (χ2v) is 22.9. The van der Waals surface area contributed by atoms with Gasteiger partial charge in [-0.1, -0.05) is 84.7 Å². The number of nitrogens with zero attached hydrogens (tertiary/aromatic N) is 8. The van der Waals surface area contributed by atoms with Crippen LogP contribution >= 0.6 is 23.2 Å². The molecule has 7 aromatic rings. The molecule has 1 atom stereocenters. The Morgan fingerprint density at radius 1 is 0.793 bits per heavy atom. The molecule has 0 bridgehead atoms. The van der Waals surface area contributed by atoms with E-state index in [0.29, 0.717) is 157 Å². The topological polar surface area (TPSA) is 275 Å². The van der Waals surface area contributed by atoms with E-state index in [2.05, 4.69) is 31.0 Å². The first kappa shape index (κ1) is 64.4. The van der Waals surface area contributed by atoms with Gasteiger partial charge in [0, 0.05) is 113 Å². The molecular weight excluding hydrogens is 1160 g/mol. The van der Waals surface area contributed by atoms with Crippen LogP contribution in [0, 0.1) is 0 Å². The fraction of sp³-hybridized carbons (Fsp3) is 0.484. The van der Waals surface area contributed by atoms with Crippen molar-refractivity contribution in [3.63, 3.8) is 0 Å². The number of likely N-dealkylation sites (tertiary alicyclic amines) is 1. The number of H-pyrrole nitrogens is 1. The van der Waals surface area contributed by atoms with E-state index in [-0.39, 0.29) is 73.2 Å². The van der Waals surface area contributed by atoms with E-state index in [1.807, 2.05) is 78.7 Å². The first-order valence-electron chi connectivity index (χ1n) is 29.7. The van der Waals surface area contributed by atoms with Crippen LogP contribution in [-0.4, -0.2) is 182 Å². The fourth-order valence-electron chi connectivity index (χ4n) is 11.0. The normalized spacial score (nSPS) is 14.4. The van der Waals surface area contributed by atoms with Crippen LogP contribution in [0.3, 0.4) is 0 Å². The molecule has 2 aliphatic rings. The monoisotopic (exact) mass is 1240 g/mol. The van der Waals surface area contributed by atoms with Gasteiger partial charge in [-0.05, 0) is 55.0 Å². The molecule has 0 radical (unpaired) electrons. The molecule has 1 saturated heterocycles. The molecule has 23 nitrogen and oxygen atoms in total. The Labute approximate surface area is 514 Å². The highest BCUT2D eigenvalue weighted by Crippen LogP contribution is 2.42. The minimum absolute atomic E-state index is 0.0622. The Bertz CT molecular complexity index is 3510. The number of carbonyl (C=O) groups is 4. The zero-order valence-electron chi connectivity index (χ0n) is 49.4. The standard InChI is InChI=1S/C62H78Cl2N12O11/c1-42(44-7-4-3-5-8-44)35-53(80)73-24-17-62(83,18-25-73)40-75-41-68-58-59(61(75)82)71-72(2)60(58)45-11-9-43(10-12-45)37-65-19-6-20-66-51(78)15-27-84-29-31-86-33-34-87-32-30-85-28-16-52(79)67-21-26-76-23-14-50(70-76)46-36-48(63)56(64)57-55(46)47-38-74(54(81)39-77)22-13-49(47)69-57/h3-5,7-12,14,23,36,41-42,65,69,77,83H,6,13,15-22,24-35,37-40H2,1-2H3,(H,66,78)(H,67,79)/t42-/m1/s1. The van der Waals surface area contributed by atoms with Gasteiger partial charge in [-0.25, -0.2) is 4.98 Å². The lowest BCUT2D eigenvalue weighted by Crippen LogP contribution is -2.49. The van der Waals surface area contributed by atoms with Gasteiger partial charge in [-0.2, -0.15) is 10.2 Å². The minimum atomic E-state index is -1.16. The number of aromatic amines is 1. The van der Waals surface area contributed by atoms with Crippen LogP contribution in [0.5, 0.6) is 0 Å². The van der Waals surface area contributed by atoms with Crippen LogP contribution in [0.25, 0.3) is 44.5 Å². The van der Waals surface area contributed by atoms with Gasteiger partial charge in [-0.15, -0.1) is 0 Å². The molecule has 0 spiro atoms. The number of halogens is 2. The number of hydrogen-bond donors (Lipinski definition) is 6. The van der Waals surface area contributed by atoms with E-state index in [1.165, 1.54) is 10.9 Å². The summed E-state index contributed by atoms with van der Waals surface area (Å²) in [6.45, 7) is 8.57. The van der Waals surface area contributed by atoms with Crippen molar-refractivity contribution in [3.05, 3.63) is 122 Å². The molecule has 0 saturated carbocycles. The lowest BCUT2D eigenvalue weighted by Gasteiger charge is -2.38. The number of benzene rings is 3. The molecule has 2 aliphatic heterocycles. The van der Waals surface area contributed by atoms with E-state index in [1.54, 1.807) is 27.4 Å². The fourth-order valence-corrected chi connectivity index (χ4v) is 11.4. The molecule has 87 heavy (non-hydrogen) atoms. The molecule has 0 aliphatic carbocycles. The number of fused-ring (bicyclic) bond motifs is 4. The average molecular weight is 1240 g/mol. The Hall–Kier alpha value is -7.06. The molecule has 6 heterocycles. The number of ether oxygens (including phenoxy) is 4. The number of aliphatic hydroxyl groups is 2. The number of rotatable bonds is 32. The Balaban J connectivity index is 0.559. The third kappa shape index (κ3) is 17.2. The van der Waals surface area contributed by atoms with Crippen molar-refractivity contribution in [3.8, 4) is 22.5 Å². The number of carbonyl (C=O) groups excluding carboxylic acids is 4. The molecular formula is C62H78Cl2N12O11. The van der Waals surface area contributed by atoms with Crippen molar-refractivity contribution in [1.82, 2.24) is 59.8 Å². The maximum atomic E-state index is 13.7. The molecule has 9 rings (SSSR count). The van der Waals surface area contributed by atoms with Crippen LogP contribution < -0.4 is 21.5 Å². The highest BCUT2D eigenvalue weighted by molar-refractivity contribution is 6.45. The second kappa shape index (κ2) is 31.2. The van der Waals surface area contributed by atoms with E-state index in [0.717, 1.165) is 45.3 Å². The summed E-state index contributed by atoms with van der Waals surface area (Å²) in [4.78, 5) is 75.4. The molecule has 1 fully saturated rings. The smallest absolute Gasteiger partial charge is 0.281 e. The van der Waals surface area contributed by atoms with Crippen molar-refractivity contribution >= 4 is 68.8 Å². The zero-order valence-corrected chi connectivity index (χ0v) is 50.9. The number of piperidine rings is 1. The van der Waals surface area contributed by atoms with E-state index < -0.39 is 12.2 Å². The number of hydrogen-bond acceptors (Lipinski definition) is 15. The molecule has 3 aromatic carbocycles. The lowest BCUT2D eigenvalue weighted by atomic mass is 9.90. The number of aliphatic hydroxyl groups excluding tert-OH is 1. The maximum absolute atomic E-state index is 13.7. The highest BCUT2D eigenvalue weighted by Gasteiger charge is 2.36. The van der Waals surface area contributed by atoms with Gasteiger partial charge in [0.1, 0.15) is 12.1 Å². The molecule has 6 N–H and O–H groups in total. The summed E-state index contributed by atoms with van der Waals surface area (Å²) >= 11 is 13.2. The van der Waals surface area contributed by atoms with Crippen molar-refractivity contribution in [2.45, 2.75) is 89.6 Å². The number of amides is 4. The van der Waals surface area contributed by atoms with Crippen molar-refractivity contribution in [1.29, 1.82) is 0 Å². The SMILES string of the molecule is C[C@H](CC(=O)N1CCC(O)(Cn2cnc3c(-c4ccc(CNCCCNC(=O)CCOCCOCCOCCOCCC(=O)NCCn5ccc(-c6cc(Cl)c(Cl)c7[nH]c8c(c67)CN(C(=O)CO)CC8)n5)cc4)n(C)nc3c2=O)CC1)c1ccccc1. The van der Waals surface area contributed by atoms with Gasteiger partial charge in [0.2, 0.25) is 23.6 Å². The van der Waals surface area contributed by atoms with Crippen LogP contribution in [-0.2, 0) is 77.8 Å². The summed E-state index contributed by atoms with van der Waals surface area (Å²) in [5.74, 6) is -0.411. The van der Waals surface area contributed by atoms with Crippen LogP contribution in [0.2, 0.25) is 10.0 Å². The first-order chi connectivity index (χ1) is 42.2. The molecule has 0 unspecified atom stereocenters. The van der Waals surface area contributed by atoms with Gasteiger partial charge in [-0.3, -0.25) is 37.9 Å². The quantitative estimate of drug-likeness (QED) is 0.0298. The third-order valence-corrected chi connectivity index (χ3v) is 16.6. The van der Waals surface area contributed by atoms with E-state index in [4.69, 9.17) is 47.2 Å². The summed E-state index contributed by atoms with van der Waals surface area (Å²) in [6.07, 6.45) is 6.20. The van der Waals surface area contributed by atoms with Crippen molar-refractivity contribution in [2.75, 3.05) is 98.7 Å². The summed E-state index contributed by atoms with van der Waals surface area (Å²) < 4.78 is 27.1. The zero-order chi connectivity index (χ0) is 61.3. The van der Waals surface area contributed by atoms with Gasteiger partial charge in [0.15, 0.2) is 5.52 Å². The van der Waals surface area contributed by atoms with Gasteiger partial charge in [0.05, 0.1) is 105 Å². The Kier molecular flexibility index (Phi) is 23.1. The summed E-state index contributed by atoms with van der Waals surface area (Å²) in [5, 5.41) is 41.1. The van der Waals surface area contributed by atoms with Crippen LogP contribution in [0.4, 0.5) is 0 Å². The molecule has 4 amide bonds. The van der Waals surface area contributed by atoms with Gasteiger partial charge >= 0.3 is 0 Å². The Morgan fingerprint density at radius 2 is 1.46 bits per heavy atom.